The smallest absolute Gasteiger partial charge is 0.209 e. The maximum atomic E-state index is 11.3. The van der Waals surface area contributed by atoms with Crippen molar-refractivity contribution in [1.29, 1.82) is 0 Å². The molecule has 0 bridgehead atoms. The Kier molecular flexibility index (Phi) is 2.84. The Labute approximate surface area is 102 Å². The summed E-state index contributed by atoms with van der Waals surface area (Å²) in [5.74, 6) is 0.354. The van der Waals surface area contributed by atoms with E-state index in [4.69, 9.17) is 5.73 Å². The van der Waals surface area contributed by atoms with Crippen LogP contribution in [0.1, 0.15) is 5.69 Å². The molecule has 0 aromatic carbocycles. The van der Waals surface area contributed by atoms with Crippen molar-refractivity contribution in [3.8, 4) is 11.4 Å². The van der Waals surface area contributed by atoms with Gasteiger partial charge < -0.3 is 5.73 Å². The van der Waals surface area contributed by atoms with Gasteiger partial charge in [0.1, 0.15) is 17.2 Å². The van der Waals surface area contributed by atoms with Crippen LogP contribution >= 0.6 is 11.3 Å². The minimum Gasteiger partial charge on any atom is -0.382 e. The molecule has 0 spiro atoms. The number of hydrogen-bond donors (Lipinski definition) is 1. The van der Waals surface area contributed by atoms with Crippen molar-refractivity contribution >= 4 is 27.0 Å². The van der Waals surface area contributed by atoms with Crippen LogP contribution in [-0.2, 0) is 9.84 Å². The summed E-state index contributed by atoms with van der Waals surface area (Å²) in [6.07, 6.45) is 2.60. The molecule has 0 aliphatic rings. The summed E-state index contributed by atoms with van der Waals surface area (Å²) in [4.78, 5) is 12.2. The molecule has 90 valence electrons. The molecule has 0 aliphatic heterocycles. The Hall–Kier alpha value is -1.54. The fourth-order valence-electron chi connectivity index (χ4n) is 1.16. The molecule has 2 N–H and O–H groups in total. The van der Waals surface area contributed by atoms with Gasteiger partial charge in [-0.1, -0.05) is 0 Å². The summed E-state index contributed by atoms with van der Waals surface area (Å²) < 4.78 is 22.7. The maximum Gasteiger partial charge on any atom is 0.209 e. The lowest BCUT2D eigenvalue weighted by Crippen LogP contribution is -1.99. The van der Waals surface area contributed by atoms with Crippen LogP contribution in [0.5, 0.6) is 0 Å². The number of thiazole rings is 1. The van der Waals surface area contributed by atoms with Crippen molar-refractivity contribution in [1.82, 2.24) is 15.0 Å². The summed E-state index contributed by atoms with van der Waals surface area (Å²) in [6, 6.07) is 0. The highest BCUT2D eigenvalue weighted by Gasteiger charge is 2.14. The van der Waals surface area contributed by atoms with E-state index in [1.54, 1.807) is 12.3 Å². The Bertz CT molecular complexity index is 663. The maximum absolute atomic E-state index is 11.3. The summed E-state index contributed by atoms with van der Waals surface area (Å²) in [7, 11) is -3.27. The van der Waals surface area contributed by atoms with Gasteiger partial charge in [0.2, 0.25) is 14.2 Å². The van der Waals surface area contributed by atoms with Gasteiger partial charge in [-0.2, -0.15) is 0 Å². The highest BCUT2D eigenvalue weighted by atomic mass is 32.2. The molecule has 0 unspecified atom stereocenters. The third-order valence-corrected chi connectivity index (χ3v) is 4.60. The second-order valence-electron chi connectivity index (χ2n) is 3.50. The summed E-state index contributed by atoms with van der Waals surface area (Å²) in [5.41, 5.74) is 7.16. The van der Waals surface area contributed by atoms with Crippen LogP contribution in [0, 0.1) is 6.92 Å². The van der Waals surface area contributed by atoms with E-state index in [1.165, 1.54) is 6.20 Å². The normalized spacial score (nSPS) is 11.6. The molecule has 2 aromatic heterocycles. The first kappa shape index (κ1) is 11.9. The lowest BCUT2D eigenvalue weighted by molar-refractivity contribution is 0.601. The number of nitrogens with zero attached hydrogens (tertiary/aromatic N) is 3. The number of anilines is 1. The fourth-order valence-corrected chi connectivity index (χ4v) is 2.80. The monoisotopic (exact) mass is 270 g/mol. The zero-order valence-corrected chi connectivity index (χ0v) is 10.8. The predicted octanol–water partition coefficient (Wildman–Crippen LogP) is 0.894. The molecule has 8 heteroatoms. The summed E-state index contributed by atoms with van der Waals surface area (Å²) in [5, 5.41) is 1.63. The minimum atomic E-state index is -3.27. The first-order valence-electron chi connectivity index (χ1n) is 4.63. The number of sulfone groups is 1. The van der Waals surface area contributed by atoms with Crippen molar-refractivity contribution in [3.05, 3.63) is 17.3 Å². The lowest BCUT2D eigenvalue weighted by Gasteiger charge is -2.00. The van der Waals surface area contributed by atoms with Gasteiger partial charge in [0.15, 0.2) is 0 Å². The fraction of sp³-hybridized carbons (Fsp3) is 0.222. The van der Waals surface area contributed by atoms with Gasteiger partial charge in [-0.25, -0.2) is 23.4 Å². The quantitative estimate of drug-likeness (QED) is 0.870. The van der Waals surface area contributed by atoms with E-state index in [2.05, 4.69) is 15.0 Å². The molecule has 0 radical (unpaired) electrons. The number of nitrogens with two attached hydrogens (primary N) is 1. The van der Waals surface area contributed by atoms with E-state index in [9.17, 15) is 8.42 Å². The van der Waals surface area contributed by atoms with E-state index in [1.807, 2.05) is 0 Å². The van der Waals surface area contributed by atoms with Crippen LogP contribution in [-0.4, -0.2) is 29.6 Å². The number of hydrogen-bond acceptors (Lipinski definition) is 7. The minimum absolute atomic E-state index is 0.0729. The molecule has 17 heavy (non-hydrogen) atoms. The van der Waals surface area contributed by atoms with Crippen LogP contribution in [0.4, 0.5) is 5.82 Å². The van der Waals surface area contributed by atoms with Crippen LogP contribution in [0.2, 0.25) is 0 Å². The molecule has 0 atom stereocenters. The van der Waals surface area contributed by atoms with Crippen LogP contribution in [0.15, 0.2) is 15.9 Å². The Balaban J connectivity index is 2.47. The van der Waals surface area contributed by atoms with Gasteiger partial charge in [0.05, 0.1) is 11.9 Å². The van der Waals surface area contributed by atoms with E-state index >= 15 is 0 Å². The molecule has 0 fully saturated rings. The first-order chi connectivity index (χ1) is 7.88. The molecule has 2 aromatic rings. The largest absolute Gasteiger partial charge is 0.382 e. The van der Waals surface area contributed by atoms with Crippen molar-refractivity contribution in [3.63, 3.8) is 0 Å². The van der Waals surface area contributed by atoms with E-state index < -0.39 is 9.84 Å². The average Bonchev–Trinajstić information content (AvgIpc) is 2.70. The van der Waals surface area contributed by atoms with Crippen molar-refractivity contribution in [2.45, 2.75) is 11.3 Å². The highest BCUT2D eigenvalue weighted by Crippen LogP contribution is 2.23. The lowest BCUT2D eigenvalue weighted by atomic mass is 10.3. The second kappa shape index (κ2) is 4.04. The Morgan fingerprint density at radius 3 is 2.53 bits per heavy atom. The Morgan fingerprint density at radius 1 is 1.29 bits per heavy atom. The molecule has 0 saturated carbocycles. The van der Waals surface area contributed by atoms with E-state index in [-0.39, 0.29) is 4.34 Å². The van der Waals surface area contributed by atoms with Crippen molar-refractivity contribution < 1.29 is 8.42 Å². The van der Waals surface area contributed by atoms with Crippen molar-refractivity contribution in [2.75, 3.05) is 12.0 Å². The summed E-state index contributed by atoms with van der Waals surface area (Å²) >= 11 is 1.06. The second-order valence-corrected chi connectivity index (χ2v) is 6.54. The van der Waals surface area contributed by atoms with E-state index in [0.29, 0.717) is 22.9 Å². The van der Waals surface area contributed by atoms with Gasteiger partial charge in [-0.15, -0.1) is 11.3 Å². The van der Waals surface area contributed by atoms with Gasteiger partial charge >= 0.3 is 0 Å². The molecular formula is C9H10N4O2S2. The topological polar surface area (TPSA) is 98.8 Å². The van der Waals surface area contributed by atoms with Crippen LogP contribution < -0.4 is 5.73 Å². The number of aryl methyl sites for hydroxylation is 1. The average molecular weight is 270 g/mol. The number of aromatic nitrogens is 3. The zero-order valence-electron chi connectivity index (χ0n) is 9.21. The number of nitrogen functional groups attached to an aromatic ring is 1. The molecule has 2 heterocycles. The predicted molar refractivity (Wildman–Crippen MR) is 65.4 cm³/mol. The van der Waals surface area contributed by atoms with Gasteiger partial charge in [-0.05, 0) is 6.92 Å². The third-order valence-electron chi connectivity index (χ3n) is 2.05. The zero-order chi connectivity index (χ0) is 12.6. The van der Waals surface area contributed by atoms with Crippen LogP contribution in [0.25, 0.3) is 11.4 Å². The number of rotatable bonds is 2. The molecule has 0 amide bonds. The SMILES string of the molecule is Cc1nc(-c2csc(S(C)(=O)=O)n2)cnc1N. The van der Waals surface area contributed by atoms with Gasteiger partial charge in [0.25, 0.3) is 0 Å². The standard InChI is InChI=1S/C9H10N4O2S2/c1-5-8(10)11-3-6(12-5)7-4-16-9(13-7)17(2,14)15/h3-4H,1-2H3,(H2,10,11). The van der Waals surface area contributed by atoms with Gasteiger partial charge in [-0.3, -0.25) is 0 Å². The van der Waals surface area contributed by atoms with Crippen molar-refractivity contribution in [2.24, 2.45) is 0 Å². The first-order valence-corrected chi connectivity index (χ1v) is 7.40. The van der Waals surface area contributed by atoms with E-state index in [0.717, 1.165) is 17.6 Å². The Morgan fingerprint density at radius 2 is 2.00 bits per heavy atom. The highest BCUT2D eigenvalue weighted by molar-refractivity contribution is 7.92. The molecular weight excluding hydrogens is 260 g/mol. The molecule has 6 nitrogen and oxygen atoms in total. The third kappa shape index (κ3) is 2.42. The molecule has 0 aliphatic carbocycles. The molecule has 0 saturated heterocycles. The van der Waals surface area contributed by atoms with Gasteiger partial charge in [0, 0.05) is 11.6 Å². The summed E-state index contributed by atoms with van der Waals surface area (Å²) in [6.45, 7) is 1.73. The van der Waals surface area contributed by atoms with Crippen LogP contribution in [0.3, 0.4) is 0 Å². The molecule has 2 rings (SSSR count).